The molecule has 0 aliphatic rings. The normalized spacial score (nSPS) is 8.36. The van der Waals surface area contributed by atoms with Crippen molar-refractivity contribution in [2.45, 2.75) is 51.9 Å². The summed E-state index contributed by atoms with van der Waals surface area (Å²) in [5.41, 5.74) is 0. The zero-order valence-electron chi connectivity index (χ0n) is 7.40. The van der Waals surface area contributed by atoms with Gasteiger partial charge in [-0.3, -0.25) is 0 Å². The summed E-state index contributed by atoms with van der Waals surface area (Å²) in [6, 6.07) is 2.16. The molecule has 0 saturated carbocycles. The monoisotopic (exact) mass is 157 g/mol. The Morgan fingerprint density at radius 3 is 2.09 bits per heavy atom. The third-order valence-electron chi connectivity index (χ3n) is 1.64. The highest BCUT2D eigenvalue weighted by molar-refractivity contribution is 4.67. The minimum atomic E-state index is 0. The summed E-state index contributed by atoms with van der Waals surface area (Å²) >= 11 is 0. The van der Waals surface area contributed by atoms with Gasteiger partial charge < -0.3 is 5.48 Å². The summed E-state index contributed by atoms with van der Waals surface area (Å²) in [7, 11) is 0. The van der Waals surface area contributed by atoms with Crippen molar-refractivity contribution in [1.29, 1.82) is 5.26 Å². The first-order chi connectivity index (χ1) is 4.91. The number of hydrogen-bond acceptors (Lipinski definition) is 1. The maximum atomic E-state index is 8.22. The van der Waals surface area contributed by atoms with E-state index >= 15 is 0 Å². The summed E-state index contributed by atoms with van der Waals surface area (Å²) in [6.07, 6.45) is 8.40. The van der Waals surface area contributed by atoms with Crippen LogP contribution >= 0.6 is 0 Å². The van der Waals surface area contributed by atoms with Gasteiger partial charge in [0.15, 0.2) is 0 Å². The summed E-state index contributed by atoms with van der Waals surface area (Å²) in [5.74, 6) is 0. The van der Waals surface area contributed by atoms with Crippen molar-refractivity contribution in [3.05, 3.63) is 0 Å². The summed E-state index contributed by atoms with van der Waals surface area (Å²) in [4.78, 5) is 0. The molecule has 2 heteroatoms. The van der Waals surface area contributed by atoms with E-state index in [1.165, 1.54) is 32.1 Å². The molecule has 0 fully saturated rings. The van der Waals surface area contributed by atoms with Gasteiger partial charge in [0.2, 0.25) is 0 Å². The minimum absolute atomic E-state index is 0. The van der Waals surface area contributed by atoms with Crippen molar-refractivity contribution in [1.82, 2.24) is 0 Å². The number of nitrogens with zero attached hydrogens (tertiary/aromatic N) is 1. The Hall–Kier alpha value is -0.550. The van der Waals surface area contributed by atoms with Crippen molar-refractivity contribution >= 4 is 0 Å². The second kappa shape index (κ2) is 12.2. The average Bonchev–Trinajstić information content (AvgIpc) is 1.97. The number of unbranched alkanes of at least 4 members (excludes halogenated alkanes) is 6. The lowest BCUT2D eigenvalue weighted by atomic mass is 10.1. The van der Waals surface area contributed by atoms with Crippen molar-refractivity contribution < 1.29 is 5.48 Å². The van der Waals surface area contributed by atoms with Gasteiger partial charge >= 0.3 is 0 Å². The van der Waals surface area contributed by atoms with E-state index in [0.29, 0.717) is 0 Å². The topological polar surface area (TPSA) is 55.3 Å². The van der Waals surface area contributed by atoms with Gasteiger partial charge in [0.25, 0.3) is 0 Å². The van der Waals surface area contributed by atoms with E-state index < -0.39 is 0 Å². The molecule has 0 rings (SSSR count). The molecule has 0 atom stereocenters. The lowest BCUT2D eigenvalue weighted by Crippen LogP contribution is -1.77. The van der Waals surface area contributed by atoms with Crippen LogP contribution in [0.5, 0.6) is 0 Å². The highest BCUT2D eigenvalue weighted by atomic mass is 16.0. The molecule has 0 unspecified atom stereocenters. The first-order valence-corrected chi connectivity index (χ1v) is 4.28. The second-order valence-electron chi connectivity index (χ2n) is 2.68. The maximum Gasteiger partial charge on any atom is 0.0621 e. The van der Waals surface area contributed by atoms with E-state index in [9.17, 15) is 0 Å². The molecule has 11 heavy (non-hydrogen) atoms. The van der Waals surface area contributed by atoms with Crippen LogP contribution in [0.15, 0.2) is 0 Å². The van der Waals surface area contributed by atoms with Crippen LogP contribution in [0.1, 0.15) is 51.9 Å². The molecule has 66 valence electrons. The molecule has 0 radical (unpaired) electrons. The Bertz CT molecular complexity index is 96.2. The highest BCUT2D eigenvalue weighted by Crippen LogP contribution is 2.05. The van der Waals surface area contributed by atoms with E-state index in [-0.39, 0.29) is 5.48 Å². The maximum absolute atomic E-state index is 8.22. The predicted molar refractivity (Wildman–Crippen MR) is 47.2 cm³/mol. The van der Waals surface area contributed by atoms with Gasteiger partial charge in [-0.2, -0.15) is 5.26 Å². The fraction of sp³-hybridized carbons (Fsp3) is 0.889. The summed E-state index contributed by atoms with van der Waals surface area (Å²) < 4.78 is 0. The lowest BCUT2D eigenvalue weighted by molar-refractivity contribution is 0.613. The fourth-order valence-electron chi connectivity index (χ4n) is 0.984. The largest absolute Gasteiger partial charge is 0.412 e. The molecule has 2 N–H and O–H groups in total. The van der Waals surface area contributed by atoms with Crippen LogP contribution in [0.2, 0.25) is 0 Å². The van der Waals surface area contributed by atoms with Gasteiger partial charge in [-0.25, -0.2) is 0 Å². The van der Waals surface area contributed by atoms with Crippen LogP contribution in [0, 0.1) is 11.3 Å². The Balaban J connectivity index is 0. The van der Waals surface area contributed by atoms with Crippen LogP contribution in [0.3, 0.4) is 0 Å². The van der Waals surface area contributed by atoms with Gasteiger partial charge in [0.1, 0.15) is 0 Å². The summed E-state index contributed by atoms with van der Waals surface area (Å²) in [5, 5.41) is 8.22. The van der Waals surface area contributed by atoms with Crippen LogP contribution in [-0.2, 0) is 0 Å². The molecule has 0 aromatic carbocycles. The third kappa shape index (κ3) is 12.6. The fourth-order valence-corrected chi connectivity index (χ4v) is 0.984. The van der Waals surface area contributed by atoms with Gasteiger partial charge in [0, 0.05) is 6.42 Å². The predicted octanol–water partition coefficient (Wildman–Crippen LogP) is 2.44. The molecule has 2 nitrogen and oxygen atoms in total. The molecule has 0 spiro atoms. The van der Waals surface area contributed by atoms with E-state index in [0.717, 1.165) is 12.8 Å². The lowest BCUT2D eigenvalue weighted by Gasteiger charge is -1.95. The van der Waals surface area contributed by atoms with Crippen LogP contribution < -0.4 is 0 Å². The second-order valence-corrected chi connectivity index (χ2v) is 2.68. The molecular weight excluding hydrogens is 138 g/mol. The third-order valence-corrected chi connectivity index (χ3v) is 1.64. The molecule has 0 bridgehead atoms. The molecule has 0 aliphatic carbocycles. The van der Waals surface area contributed by atoms with E-state index in [4.69, 9.17) is 5.26 Å². The van der Waals surface area contributed by atoms with E-state index in [2.05, 4.69) is 13.0 Å². The number of hydrogen-bond donors (Lipinski definition) is 0. The number of nitriles is 1. The van der Waals surface area contributed by atoms with E-state index in [1.54, 1.807) is 0 Å². The van der Waals surface area contributed by atoms with Gasteiger partial charge in [-0.1, -0.05) is 39.0 Å². The minimum Gasteiger partial charge on any atom is -0.412 e. The van der Waals surface area contributed by atoms with Crippen molar-refractivity contribution in [2.24, 2.45) is 0 Å². The first-order valence-electron chi connectivity index (χ1n) is 4.28. The molecular formula is C9H19NO. The Morgan fingerprint density at radius 2 is 1.55 bits per heavy atom. The van der Waals surface area contributed by atoms with Gasteiger partial charge in [0.05, 0.1) is 6.07 Å². The average molecular weight is 157 g/mol. The van der Waals surface area contributed by atoms with Crippen molar-refractivity contribution in [3.8, 4) is 6.07 Å². The van der Waals surface area contributed by atoms with Gasteiger partial charge in [-0.05, 0) is 6.42 Å². The summed E-state index contributed by atoms with van der Waals surface area (Å²) in [6.45, 7) is 2.22. The Labute approximate surface area is 69.5 Å². The smallest absolute Gasteiger partial charge is 0.0621 e. The molecule has 0 saturated heterocycles. The van der Waals surface area contributed by atoms with Crippen molar-refractivity contribution in [2.75, 3.05) is 0 Å². The first kappa shape index (κ1) is 13.1. The SMILES string of the molecule is CCCCCCCCC#N.O. The van der Waals surface area contributed by atoms with Gasteiger partial charge in [-0.15, -0.1) is 0 Å². The number of rotatable bonds is 6. The van der Waals surface area contributed by atoms with Crippen LogP contribution in [0.25, 0.3) is 0 Å². The van der Waals surface area contributed by atoms with Crippen LogP contribution in [-0.4, -0.2) is 5.48 Å². The zero-order chi connectivity index (χ0) is 7.66. The molecule has 0 aromatic rings. The molecule has 0 aliphatic heterocycles. The molecule has 0 heterocycles. The Kier molecular flexibility index (Phi) is 14.4. The Morgan fingerprint density at radius 1 is 1.00 bits per heavy atom. The van der Waals surface area contributed by atoms with E-state index in [1.807, 2.05) is 0 Å². The quantitative estimate of drug-likeness (QED) is 0.546. The molecule has 0 amide bonds. The standard InChI is InChI=1S/C9H17N.H2O/c1-2-3-4-5-6-7-8-9-10;/h2-8H2,1H3;1H2. The highest BCUT2D eigenvalue weighted by Gasteiger charge is 1.87. The van der Waals surface area contributed by atoms with Crippen molar-refractivity contribution in [3.63, 3.8) is 0 Å². The van der Waals surface area contributed by atoms with Crippen LogP contribution in [0.4, 0.5) is 0 Å². The molecule has 0 aromatic heterocycles. The zero-order valence-corrected chi connectivity index (χ0v) is 7.40.